The Kier molecular flexibility index (Phi) is 10.6. The van der Waals surface area contributed by atoms with Gasteiger partial charge in [-0.15, -0.1) is 24.8 Å². The van der Waals surface area contributed by atoms with E-state index in [1.165, 1.54) is 0 Å². The maximum atomic E-state index is 12.2. The molecule has 2 unspecified atom stereocenters. The van der Waals surface area contributed by atoms with Gasteiger partial charge in [0.1, 0.15) is 6.10 Å². The minimum Gasteiger partial charge on any atom is -0.379 e. The molecule has 2 saturated heterocycles. The summed E-state index contributed by atoms with van der Waals surface area (Å²) in [6.45, 7) is 8.09. The van der Waals surface area contributed by atoms with Crippen LogP contribution >= 0.6 is 24.8 Å². The average molecular weight is 358 g/mol. The number of carbonyl (C=O) groups is 1. The fourth-order valence-electron chi connectivity index (χ4n) is 2.81. The van der Waals surface area contributed by atoms with Crippen LogP contribution in [0.15, 0.2) is 0 Å². The number of amides is 1. The van der Waals surface area contributed by atoms with E-state index in [4.69, 9.17) is 15.2 Å². The molecular weight excluding hydrogens is 329 g/mol. The lowest BCUT2D eigenvalue weighted by molar-refractivity contribution is -0.133. The molecule has 0 saturated carbocycles. The van der Waals surface area contributed by atoms with Crippen LogP contribution in [0.5, 0.6) is 0 Å². The summed E-state index contributed by atoms with van der Waals surface area (Å²) in [6, 6.07) is 0.399. The molecule has 0 radical (unpaired) electrons. The van der Waals surface area contributed by atoms with E-state index in [9.17, 15) is 4.79 Å². The topological polar surface area (TPSA) is 76.8 Å². The Morgan fingerprint density at radius 2 is 1.91 bits per heavy atom. The van der Waals surface area contributed by atoms with Crippen LogP contribution in [0.4, 0.5) is 0 Å². The van der Waals surface area contributed by atoms with Crippen molar-refractivity contribution in [1.29, 1.82) is 0 Å². The van der Waals surface area contributed by atoms with Gasteiger partial charge in [0, 0.05) is 31.7 Å². The molecule has 132 valence electrons. The number of carbonyl (C=O) groups excluding carboxylic acids is 1. The van der Waals surface area contributed by atoms with Crippen LogP contribution in [0.3, 0.4) is 0 Å². The summed E-state index contributed by atoms with van der Waals surface area (Å²) >= 11 is 0. The zero-order valence-corrected chi connectivity index (χ0v) is 15.0. The van der Waals surface area contributed by atoms with Crippen molar-refractivity contribution in [3.63, 3.8) is 0 Å². The van der Waals surface area contributed by atoms with Gasteiger partial charge in [-0.25, -0.2) is 0 Å². The number of ether oxygens (including phenoxy) is 2. The molecule has 0 spiro atoms. The van der Waals surface area contributed by atoms with Gasteiger partial charge in [-0.3, -0.25) is 9.69 Å². The van der Waals surface area contributed by atoms with E-state index < -0.39 is 0 Å². The van der Waals surface area contributed by atoms with Crippen molar-refractivity contribution in [2.75, 3.05) is 32.8 Å². The maximum absolute atomic E-state index is 12.2. The molecule has 3 N–H and O–H groups in total. The van der Waals surface area contributed by atoms with E-state index in [1.807, 2.05) is 6.92 Å². The molecule has 0 aliphatic carbocycles. The van der Waals surface area contributed by atoms with Gasteiger partial charge >= 0.3 is 0 Å². The van der Waals surface area contributed by atoms with Gasteiger partial charge in [0.25, 0.3) is 0 Å². The van der Waals surface area contributed by atoms with Crippen LogP contribution in [-0.2, 0) is 14.3 Å². The highest BCUT2D eigenvalue weighted by molar-refractivity contribution is 5.85. The second-order valence-electron chi connectivity index (χ2n) is 5.75. The van der Waals surface area contributed by atoms with Crippen LogP contribution < -0.4 is 11.1 Å². The highest BCUT2D eigenvalue weighted by atomic mass is 35.5. The molecule has 0 aromatic carbocycles. The van der Waals surface area contributed by atoms with Gasteiger partial charge < -0.3 is 20.5 Å². The monoisotopic (exact) mass is 357 g/mol. The number of rotatable bonds is 5. The van der Waals surface area contributed by atoms with E-state index >= 15 is 0 Å². The molecule has 2 aliphatic rings. The molecule has 0 aromatic heterocycles. The van der Waals surface area contributed by atoms with Gasteiger partial charge in [0.15, 0.2) is 0 Å². The molecule has 2 aliphatic heterocycles. The first kappa shape index (κ1) is 21.9. The highest BCUT2D eigenvalue weighted by Crippen LogP contribution is 2.19. The largest absolute Gasteiger partial charge is 0.379 e. The third-order valence-electron chi connectivity index (χ3n) is 4.38. The van der Waals surface area contributed by atoms with Gasteiger partial charge in [0.2, 0.25) is 5.91 Å². The Hall–Kier alpha value is -0.110. The molecular formula is C14H29Cl2N3O3. The standard InChI is InChI=1S/C14H27N3O3.2ClH/c1-10(11(2)17-5-7-19-8-6-17)16-14(18)13-4-3-12(9-15)20-13;;/h10-13H,3-9,15H2,1-2H3,(H,16,18);2*1H/t10?,11?,12-,13+;;/m1../s1. The fourth-order valence-corrected chi connectivity index (χ4v) is 2.81. The van der Waals surface area contributed by atoms with Crippen molar-refractivity contribution in [2.45, 2.75) is 51.0 Å². The van der Waals surface area contributed by atoms with Crippen LogP contribution in [0.1, 0.15) is 26.7 Å². The van der Waals surface area contributed by atoms with Crippen molar-refractivity contribution in [1.82, 2.24) is 10.2 Å². The quantitative estimate of drug-likeness (QED) is 0.751. The SMILES string of the molecule is CC(NC(=O)[C@@H]1CC[C@H](CN)O1)C(C)N1CCOCC1.Cl.Cl. The summed E-state index contributed by atoms with van der Waals surface area (Å²) in [4.78, 5) is 14.5. The first-order chi connectivity index (χ1) is 9.61. The van der Waals surface area contributed by atoms with Crippen molar-refractivity contribution in [2.24, 2.45) is 5.73 Å². The van der Waals surface area contributed by atoms with Crippen molar-refractivity contribution in [3.05, 3.63) is 0 Å². The van der Waals surface area contributed by atoms with E-state index in [-0.39, 0.29) is 49.0 Å². The molecule has 22 heavy (non-hydrogen) atoms. The Labute approximate surface area is 145 Å². The first-order valence-electron chi connectivity index (χ1n) is 7.59. The number of nitrogens with one attached hydrogen (secondary N) is 1. The molecule has 4 atom stereocenters. The Balaban J connectivity index is 0.00000220. The van der Waals surface area contributed by atoms with E-state index in [0.717, 1.165) is 39.1 Å². The summed E-state index contributed by atoms with van der Waals surface area (Å²) in [5, 5.41) is 3.08. The molecule has 0 aromatic rings. The number of morpholine rings is 1. The Morgan fingerprint density at radius 1 is 1.27 bits per heavy atom. The smallest absolute Gasteiger partial charge is 0.249 e. The second kappa shape index (κ2) is 10.6. The number of hydrogen-bond donors (Lipinski definition) is 2. The lowest BCUT2D eigenvalue weighted by atomic mass is 10.1. The Bertz CT molecular complexity index is 330. The van der Waals surface area contributed by atoms with Crippen LogP contribution in [0.2, 0.25) is 0 Å². The van der Waals surface area contributed by atoms with E-state index in [2.05, 4.69) is 17.1 Å². The summed E-state index contributed by atoms with van der Waals surface area (Å²) in [7, 11) is 0. The highest BCUT2D eigenvalue weighted by Gasteiger charge is 2.32. The molecule has 6 nitrogen and oxygen atoms in total. The van der Waals surface area contributed by atoms with Crippen LogP contribution in [-0.4, -0.2) is 67.9 Å². The molecule has 2 fully saturated rings. The third kappa shape index (κ3) is 5.83. The van der Waals surface area contributed by atoms with Crippen molar-refractivity contribution in [3.8, 4) is 0 Å². The summed E-state index contributed by atoms with van der Waals surface area (Å²) in [5.74, 6) is -0.00596. The second-order valence-corrected chi connectivity index (χ2v) is 5.75. The van der Waals surface area contributed by atoms with Gasteiger partial charge in [-0.05, 0) is 26.7 Å². The molecule has 2 rings (SSSR count). The number of halogens is 2. The van der Waals surface area contributed by atoms with E-state index in [0.29, 0.717) is 12.6 Å². The minimum atomic E-state index is -0.331. The van der Waals surface area contributed by atoms with Crippen molar-refractivity contribution >= 4 is 30.7 Å². The van der Waals surface area contributed by atoms with E-state index in [1.54, 1.807) is 0 Å². The summed E-state index contributed by atoms with van der Waals surface area (Å²) in [6.07, 6.45) is 1.36. The summed E-state index contributed by atoms with van der Waals surface area (Å²) < 4.78 is 11.0. The zero-order valence-electron chi connectivity index (χ0n) is 13.3. The maximum Gasteiger partial charge on any atom is 0.249 e. The summed E-state index contributed by atoms with van der Waals surface area (Å²) in [5.41, 5.74) is 5.57. The number of nitrogens with zero attached hydrogens (tertiary/aromatic N) is 1. The molecule has 1 amide bonds. The van der Waals surface area contributed by atoms with Gasteiger partial charge in [-0.1, -0.05) is 0 Å². The lowest BCUT2D eigenvalue weighted by Gasteiger charge is -2.36. The average Bonchev–Trinajstić information content (AvgIpc) is 2.96. The molecule has 0 bridgehead atoms. The van der Waals surface area contributed by atoms with Gasteiger partial charge in [-0.2, -0.15) is 0 Å². The fraction of sp³-hybridized carbons (Fsp3) is 0.929. The predicted octanol–water partition coefficient (Wildman–Crippen LogP) is 0.562. The normalized spacial score (nSPS) is 28.1. The molecule has 8 heteroatoms. The Morgan fingerprint density at radius 3 is 2.45 bits per heavy atom. The predicted molar refractivity (Wildman–Crippen MR) is 90.9 cm³/mol. The van der Waals surface area contributed by atoms with Crippen LogP contribution in [0, 0.1) is 0 Å². The number of hydrogen-bond acceptors (Lipinski definition) is 5. The van der Waals surface area contributed by atoms with Crippen LogP contribution in [0.25, 0.3) is 0 Å². The lowest BCUT2D eigenvalue weighted by Crippen LogP contribution is -2.53. The minimum absolute atomic E-state index is 0. The number of nitrogens with two attached hydrogens (primary N) is 1. The molecule has 2 heterocycles. The van der Waals surface area contributed by atoms with Gasteiger partial charge in [0.05, 0.1) is 19.3 Å². The first-order valence-corrected chi connectivity index (χ1v) is 7.59. The third-order valence-corrected chi connectivity index (χ3v) is 4.38. The zero-order chi connectivity index (χ0) is 14.5. The van der Waals surface area contributed by atoms with Crippen molar-refractivity contribution < 1.29 is 14.3 Å².